The monoisotopic (exact) mass is 580 g/mol. The molecule has 0 aliphatic rings. The Bertz CT molecular complexity index is 1620. The number of benzene rings is 4. The minimum atomic E-state index is -0.274. The number of hydrogen-bond donors (Lipinski definition) is 0. The van der Waals surface area contributed by atoms with Gasteiger partial charge in [-0.3, -0.25) is 0 Å². The summed E-state index contributed by atoms with van der Waals surface area (Å²) in [5.41, 5.74) is 4.86. The summed E-state index contributed by atoms with van der Waals surface area (Å²) in [4.78, 5) is 0. The number of hydrogen-bond acceptors (Lipinski definition) is 7. The van der Waals surface area contributed by atoms with Crippen molar-refractivity contribution in [1.29, 1.82) is 0 Å². The molecule has 0 atom stereocenters. The highest BCUT2D eigenvalue weighted by Crippen LogP contribution is 2.25. The Kier molecular flexibility index (Phi) is 8.51. The topological polar surface area (TPSA) is 79.8 Å². The Morgan fingerprint density at radius 2 is 0.884 bits per heavy atom. The van der Waals surface area contributed by atoms with Crippen LogP contribution in [0.4, 0.5) is 8.78 Å². The molecule has 0 radical (unpaired) electrons. The minimum Gasteiger partial charge on any atom is -0.489 e. The number of ether oxygens (including phenoxy) is 3. The van der Waals surface area contributed by atoms with Gasteiger partial charge < -0.3 is 23.3 Å². The van der Waals surface area contributed by atoms with E-state index >= 15 is 0 Å². The highest BCUT2D eigenvalue weighted by Gasteiger charge is 2.11. The van der Waals surface area contributed by atoms with Crippen LogP contribution in [0.5, 0.6) is 11.5 Å². The molecule has 0 fully saturated rings. The quantitative estimate of drug-likeness (QED) is 0.145. The average molecular weight is 581 g/mol. The van der Waals surface area contributed by atoms with Gasteiger partial charge in [-0.25, -0.2) is 8.78 Å². The molecule has 2 aromatic heterocycles. The van der Waals surface area contributed by atoms with E-state index in [4.69, 9.17) is 23.3 Å². The maximum Gasteiger partial charge on any atom is 0.163 e. The van der Waals surface area contributed by atoms with Crippen molar-refractivity contribution in [3.05, 3.63) is 143 Å². The van der Waals surface area contributed by atoms with Crippen LogP contribution in [0.1, 0.15) is 22.6 Å². The Hall–Kier alpha value is -5.28. The maximum atomic E-state index is 13.1. The number of aromatic nitrogens is 2. The Morgan fingerprint density at radius 3 is 1.28 bits per heavy atom. The van der Waals surface area contributed by atoms with Gasteiger partial charge in [0.05, 0.1) is 0 Å². The third kappa shape index (κ3) is 7.52. The Morgan fingerprint density at radius 1 is 0.488 bits per heavy atom. The van der Waals surface area contributed by atoms with Crippen molar-refractivity contribution in [3.63, 3.8) is 0 Å². The first-order chi connectivity index (χ1) is 21.1. The molecule has 7 nitrogen and oxygen atoms in total. The highest BCUT2D eigenvalue weighted by atomic mass is 19.1. The number of halogens is 2. The summed E-state index contributed by atoms with van der Waals surface area (Å²) in [6.07, 6.45) is 0. The Balaban J connectivity index is 0.958. The third-order valence-electron chi connectivity index (χ3n) is 6.54. The summed E-state index contributed by atoms with van der Waals surface area (Å²) in [7, 11) is 0. The molecule has 0 spiro atoms. The molecule has 9 heteroatoms. The standard InChI is InChI=1S/C34H26F2N2O5/c35-27-9-1-23(2-10-27)19-40-29-13-5-25(6-14-29)33-17-31(42-37-33)21-39-22-32-18-34(38-43-32)26-7-15-30(16-8-26)41-20-24-3-11-28(36)12-4-24/h1-18H,19-22H2. The third-order valence-corrected chi connectivity index (χ3v) is 6.54. The van der Waals surface area contributed by atoms with E-state index in [-0.39, 0.29) is 24.8 Å². The molecular formula is C34H26F2N2O5. The summed E-state index contributed by atoms with van der Waals surface area (Å²) in [6.45, 7) is 1.11. The van der Waals surface area contributed by atoms with Crippen LogP contribution in [0.2, 0.25) is 0 Å². The van der Waals surface area contributed by atoms with E-state index in [1.165, 1.54) is 24.3 Å². The van der Waals surface area contributed by atoms with Crippen molar-refractivity contribution >= 4 is 0 Å². The molecule has 4 aromatic carbocycles. The second-order valence-corrected chi connectivity index (χ2v) is 9.73. The molecule has 0 unspecified atom stereocenters. The van der Waals surface area contributed by atoms with Crippen LogP contribution in [-0.4, -0.2) is 10.3 Å². The molecule has 0 aliphatic heterocycles. The van der Waals surface area contributed by atoms with Crippen molar-refractivity contribution in [2.24, 2.45) is 0 Å². The number of nitrogens with zero attached hydrogens (tertiary/aromatic N) is 2. The van der Waals surface area contributed by atoms with Gasteiger partial charge in [-0.15, -0.1) is 0 Å². The fourth-order valence-corrected chi connectivity index (χ4v) is 4.22. The number of rotatable bonds is 12. The summed E-state index contributed by atoms with van der Waals surface area (Å²) >= 11 is 0. The summed E-state index contributed by atoms with van der Waals surface area (Å²) in [5, 5.41) is 8.27. The Labute approximate surface area is 246 Å². The average Bonchev–Trinajstić information content (AvgIpc) is 3.72. The molecule has 0 bridgehead atoms. The van der Waals surface area contributed by atoms with Gasteiger partial charge in [0.25, 0.3) is 0 Å². The van der Waals surface area contributed by atoms with Gasteiger partial charge in [0.15, 0.2) is 11.5 Å². The molecule has 6 aromatic rings. The lowest BCUT2D eigenvalue weighted by Gasteiger charge is -2.06. The summed E-state index contributed by atoms with van der Waals surface area (Å²) in [6, 6.07) is 31.0. The van der Waals surface area contributed by atoms with Crippen LogP contribution in [0.25, 0.3) is 22.5 Å². The van der Waals surface area contributed by atoms with E-state index in [0.29, 0.717) is 47.6 Å². The molecule has 6 rings (SSSR count). The van der Waals surface area contributed by atoms with Crippen molar-refractivity contribution in [3.8, 4) is 34.0 Å². The lowest BCUT2D eigenvalue weighted by atomic mass is 10.1. The largest absolute Gasteiger partial charge is 0.489 e. The fraction of sp³-hybridized carbons (Fsp3) is 0.118. The second-order valence-electron chi connectivity index (χ2n) is 9.73. The van der Waals surface area contributed by atoms with Crippen molar-refractivity contribution in [1.82, 2.24) is 10.3 Å². The van der Waals surface area contributed by atoms with Gasteiger partial charge in [-0.1, -0.05) is 34.6 Å². The van der Waals surface area contributed by atoms with Gasteiger partial charge in [-0.05, 0) is 83.9 Å². The first kappa shape index (κ1) is 27.9. The molecule has 43 heavy (non-hydrogen) atoms. The smallest absolute Gasteiger partial charge is 0.163 e. The van der Waals surface area contributed by atoms with Gasteiger partial charge in [0, 0.05) is 23.3 Å². The van der Waals surface area contributed by atoms with E-state index in [1.54, 1.807) is 24.3 Å². The van der Waals surface area contributed by atoms with Crippen LogP contribution >= 0.6 is 0 Å². The van der Waals surface area contributed by atoms with Gasteiger partial charge in [0.2, 0.25) is 0 Å². The molecule has 0 aliphatic carbocycles. The van der Waals surface area contributed by atoms with Crippen LogP contribution in [0, 0.1) is 11.6 Å². The van der Waals surface area contributed by atoms with Crippen LogP contribution in [-0.2, 0) is 31.2 Å². The molecule has 0 N–H and O–H groups in total. The predicted molar refractivity (Wildman–Crippen MR) is 154 cm³/mol. The molecule has 2 heterocycles. The van der Waals surface area contributed by atoms with Crippen LogP contribution < -0.4 is 9.47 Å². The lowest BCUT2D eigenvalue weighted by Crippen LogP contribution is -1.95. The predicted octanol–water partition coefficient (Wildman–Crippen LogP) is 8.15. The second kappa shape index (κ2) is 13.1. The van der Waals surface area contributed by atoms with E-state index < -0.39 is 0 Å². The van der Waals surface area contributed by atoms with Crippen LogP contribution in [0.3, 0.4) is 0 Å². The molecule has 0 saturated heterocycles. The first-order valence-electron chi connectivity index (χ1n) is 13.5. The van der Waals surface area contributed by atoms with E-state index in [2.05, 4.69) is 10.3 Å². The van der Waals surface area contributed by atoms with E-state index in [1.807, 2.05) is 60.7 Å². The van der Waals surface area contributed by atoms with Gasteiger partial charge in [-0.2, -0.15) is 0 Å². The molecule has 0 saturated carbocycles. The van der Waals surface area contributed by atoms with Crippen LogP contribution in [0.15, 0.2) is 118 Å². The maximum absolute atomic E-state index is 13.1. The lowest BCUT2D eigenvalue weighted by molar-refractivity contribution is 0.0727. The molecule has 216 valence electrons. The highest BCUT2D eigenvalue weighted by molar-refractivity contribution is 5.60. The molecule has 0 amide bonds. The normalized spacial score (nSPS) is 11.0. The van der Waals surface area contributed by atoms with Crippen molar-refractivity contribution in [2.75, 3.05) is 0 Å². The molecular weight excluding hydrogens is 554 g/mol. The zero-order chi connectivity index (χ0) is 29.4. The zero-order valence-corrected chi connectivity index (χ0v) is 22.9. The fourth-order valence-electron chi connectivity index (χ4n) is 4.22. The van der Waals surface area contributed by atoms with E-state index in [0.717, 1.165) is 22.3 Å². The van der Waals surface area contributed by atoms with Crippen molar-refractivity contribution in [2.45, 2.75) is 26.4 Å². The SMILES string of the molecule is Fc1ccc(COc2ccc(-c3cc(COCc4cc(-c5ccc(OCc6ccc(F)cc6)cc5)no4)on3)cc2)cc1. The first-order valence-corrected chi connectivity index (χ1v) is 13.5. The summed E-state index contributed by atoms with van der Waals surface area (Å²) in [5.74, 6) is 1.98. The van der Waals surface area contributed by atoms with Gasteiger partial charge in [0.1, 0.15) is 60.9 Å². The minimum absolute atomic E-state index is 0.210. The van der Waals surface area contributed by atoms with E-state index in [9.17, 15) is 8.78 Å². The van der Waals surface area contributed by atoms with Crippen molar-refractivity contribution < 1.29 is 32.0 Å². The zero-order valence-electron chi connectivity index (χ0n) is 22.9. The van der Waals surface area contributed by atoms with Gasteiger partial charge >= 0.3 is 0 Å². The summed E-state index contributed by atoms with van der Waals surface area (Å²) < 4.78 is 54.3.